The number of aryl methyl sites for hydroxylation is 1. The van der Waals surface area contributed by atoms with Gasteiger partial charge in [-0.3, -0.25) is 0 Å². The van der Waals surface area contributed by atoms with E-state index >= 15 is 0 Å². The van der Waals surface area contributed by atoms with E-state index in [1.54, 1.807) is 6.92 Å². The lowest BCUT2D eigenvalue weighted by atomic mass is 9.63. The van der Waals surface area contributed by atoms with Crippen molar-refractivity contribution in [2.75, 3.05) is 0 Å². The van der Waals surface area contributed by atoms with Crippen molar-refractivity contribution in [1.82, 2.24) is 0 Å². The quantitative estimate of drug-likeness (QED) is 0.758. The van der Waals surface area contributed by atoms with Crippen molar-refractivity contribution in [1.29, 1.82) is 0 Å². The Labute approximate surface area is 123 Å². The zero-order valence-electron chi connectivity index (χ0n) is 13.7. The highest BCUT2D eigenvalue weighted by Crippen LogP contribution is 2.45. The Hall–Kier alpha value is -1.11. The molecule has 0 saturated carbocycles. The smallest absolute Gasteiger partial charge is 0.129 e. The van der Waals surface area contributed by atoms with E-state index in [0.29, 0.717) is 17.6 Å². The number of ketones is 1. The van der Waals surface area contributed by atoms with Crippen LogP contribution in [0.2, 0.25) is 0 Å². The van der Waals surface area contributed by atoms with Crippen molar-refractivity contribution in [2.45, 2.75) is 77.6 Å². The molecule has 1 heteroatoms. The molecule has 0 radical (unpaired) electrons. The summed E-state index contributed by atoms with van der Waals surface area (Å²) in [6.07, 6.45) is 5.20. The average Bonchev–Trinajstić information content (AvgIpc) is 2.35. The molecular formula is C19H28O. The number of carbonyl (C=O) groups is 1. The molecule has 1 aliphatic rings. The van der Waals surface area contributed by atoms with Gasteiger partial charge in [-0.05, 0) is 60.1 Å². The van der Waals surface area contributed by atoms with E-state index in [1.165, 1.54) is 29.5 Å². The number of hydrogen-bond acceptors (Lipinski definition) is 1. The third-order valence-electron chi connectivity index (χ3n) is 4.91. The van der Waals surface area contributed by atoms with Crippen LogP contribution in [0.15, 0.2) is 18.2 Å². The number of rotatable bonds is 4. The standard InChI is InChI=1S/C19H28O/c1-14(20)7-6-8-15-9-10-16-17(13-15)19(4,5)12-11-18(16,2)3/h9-10,13H,6-8,11-12H2,1-5H3. The second-order valence-electron chi connectivity index (χ2n) is 7.70. The minimum Gasteiger partial charge on any atom is -0.300 e. The van der Waals surface area contributed by atoms with E-state index in [0.717, 1.165) is 12.8 Å². The minimum atomic E-state index is 0.279. The lowest BCUT2D eigenvalue weighted by Crippen LogP contribution is -2.33. The molecule has 0 heterocycles. The highest BCUT2D eigenvalue weighted by atomic mass is 16.1. The average molecular weight is 272 g/mol. The second-order valence-corrected chi connectivity index (χ2v) is 7.70. The molecule has 1 aliphatic carbocycles. The van der Waals surface area contributed by atoms with Gasteiger partial charge in [0, 0.05) is 6.42 Å². The Bertz CT molecular complexity index is 508. The summed E-state index contributed by atoms with van der Waals surface area (Å²) >= 11 is 0. The maximum Gasteiger partial charge on any atom is 0.129 e. The molecule has 1 aromatic rings. The molecule has 0 amide bonds. The van der Waals surface area contributed by atoms with Crippen LogP contribution in [0.4, 0.5) is 0 Å². The van der Waals surface area contributed by atoms with Crippen LogP contribution in [-0.4, -0.2) is 5.78 Å². The van der Waals surface area contributed by atoms with Crippen molar-refractivity contribution >= 4 is 5.78 Å². The minimum absolute atomic E-state index is 0.279. The Balaban J connectivity index is 2.26. The highest BCUT2D eigenvalue weighted by Gasteiger charge is 2.36. The first kappa shape index (κ1) is 15.3. The summed E-state index contributed by atoms with van der Waals surface area (Å²) in [6.45, 7) is 11.1. The zero-order chi connectivity index (χ0) is 15.0. The van der Waals surface area contributed by atoms with Crippen LogP contribution >= 0.6 is 0 Å². The van der Waals surface area contributed by atoms with Crippen molar-refractivity contribution in [2.24, 2.45) is 0 Å². The van der Waals surface area contributed by atoms with Crippen LogP contribution in [0, 0.1) is 0 Å². The van der Waals surface area contributed by atoms with Gasteiger partial charge in [-0.2, -0.15) is 0 Å². The van der Waals surface area contributed by atoms with Crippen molar-refractivity contribution in [3.63, 3.8) is 0 Å². The predicted octanol–water partition coefficient (Wildman–Crippen LogP) is 4.95. The van der Waals surface area contributed by atoms with E-state index in [1.807, 2.05) is 0 Å². The first-order valence-corrected chi connectivity index (χ1v) is 7.86. The SMILES string of the molecule is CC(=O)CCCc1ccc2c(c1)C(C)(C)CCC2(C)C. The normalized spacial score (nSPS) is 19.4. The Morgan fingerprint density at radius 2 is 1.65 bits per heavy atom. The lowest BCUT2D eigenvalue weighted by molar-refractivity contribution is -0.117. The second kappa shape index (κ2) is 5.35. The van der Waals surface area contributed by atoms with Gasteiger partial charge >= 0.3 is 0 Å². The van der Waals surface area contributed by atoms with E-state index < -0.39 is 0 Å². The molecule has 2 rings (SSSR count). The van der Waals surface area contributed by atoms with E-state index in [2.05, 4.69) is 45.9 Å². The van der Waals surface area contributed by atoms with Gasteiger partial charge in [0.05, 0.1) is 0 Å². The van der Waals surface area contributed by atoms with Crippen LogP contribution in [0.25, 0.3) is 0 Å². The number of Topliss-reactive ketones (excluding diaryl/α,β-unsaturated/α-hetero) is 1. The Morgan fingerprint density at radius 3 is 2.25 bits per heavy atom. The van der Waals surface area contributed by atoms with Gasteiger partial charge in [0.2, 0.25) is 0 Å². The predicted molar refractivity (Wildman–Crippen MR) is 85.3 cm³/mol. The van der Waals surface area contributed by atoms with Crippen molar-refractivity contribution < 1.29 is 4.79 Å². The van der Waals surface area contributed by atoms with Crippen LogP contribution < -0.4 is 0 Å². The molecule has 0 aromatic heterocycles. The summed E-state index contributed by atoms with van der Waals surface area (Å²) in [5.74, 6) is 0.296. The van der Waals surface area contributed by atoms with Crippen LogP contribution in [0.5, 0.6) is 0 Å². The Kier molecular flexibility index (Phi) is 4.09. The van der Waals surface area contributed by atoms with Crippen LogP contribution in [0.1, 0.15) is 77.0 Å². The van der Waals surface area contributed by atoms with Gasteiger partial charge in [0.15, 0.2) is 0 Å². The van der Waals surface area contributed by atoms with Gasteiger partial charge in [-0.1, -0.05) is 45.9 Å². The van der Waals surface area contributed by atoms with Gasteiger partial charge in [-0.15, -0.1) is 0 Å². The van der Waals surface area contributed by atoms with Gasteiger partial charge in [0.25, 0.3) is 0 Å². The molecule has 0 bridgehead atoms. The third-order valence-corrected chi connectivity index (χ3v) is 4.91. The molecule has 0 N–H and O–H groups in total. The molecule has 0 saturated heterocycles. The topological polar surface area (TPSA) is 17.1 Å². The first-order valence-electron chi connectivity index (χ1n) is 7.86. The van der Waals surface area contributed by atoms with Gasteiger partial charge in [0.1, 0.15) is 5.78 Å². The van der Waals surface area contributed by atoms with Gasteiger partial charge in [-0.25, -0.2) is 0 Å². The molecule has 20 heavy (non-hydrogen) atoms. The largest absolute Gasteiger partial charge is 0.300 e. The molecule has 110 valence electrons. The summed E-state index contributed by atoms with van der Waals surface area (Å²) in [5, 5.41) is 0. The van der Waals surface area contributed by atoms with Crippen LogP contribution in [-0.2, 0) is 22.0 Å². The molecule has 0 unspecified atom stereocenters. The molecule has 1 aromatic carbocycles. The molecule has 0 spiro atoms. The number of carbonyl (C=O) groups excluding carboxylic acids is 1. The van der Waals surface area contributed by atoms with E-state index in [-0.39, 0.29) is 5.41 Å². The van der Waals surface area contributed by atoms with Gasteiger partial charge < -0.3 is 4.79 Å². The maximum absolute atomic E-state index is 11.1. The Morgan fingerprint density at radius 1 is 1.05 bits per heavy atom. The molecular weight excluding hydrogens is 244 g/mol. The fourth-order valence-electron chi connectivity index (χ4n) is 3.33. The third kappa shape index (κ3) is 3.13. The van der Waals surface area contributed by atoms with Crippen molar-refractivity contribution in [3.05, 3.63) is 34.9 Å². The number of fused-ring (bicyclic) bond motifs is 1. The fraction of sp³-hybridized carbons (Fsp3) is 0.632. The summed E-state index contributed by atoms with van der Waals surface area (Å²) in [4.78, 5) is 11.1. The monoisotopic (exact) mass is 272 g/mol. The summed E-state index contributed by atoms with van der Waals surface area (Å²) < 4.78 is 0. The van der Waals surface area contributed by atoms with Crippen molar-refractivity contribution in [3.8, 4) is 0 Å². The molecule has 1 nitrogen and oxygen atoms in total. The summed E-state index contributed by atoms with van der Waals surface area (Å²) in [5.41, 5.74) is 5.00. The van der Waals surface area contributed by atoms with Crippen LogP contribution in [0.3, 0.4) is 0 Å². The lowest BCUT2D eigenvalue weighted by Gasteiger charge is -2.42. The highest BCUT2D eigenvalue weighted by molar-refractivity contribution is 5.75. The van der Waals surface area contributed by atoms with E-state index in [9.17, 15) is 4.79 Å². The number of hydrogen-bond donors (Lipinski definition) is 0. The summed E-state index contributed by atoms with van der Waals surface area (Å²) in [6, 6.07) is 7.00. The molecule has 0 fully saturated rings. The zero-order valence-corrected chi connectivity index (χ0v) is 13.7. The van der Waals surface area contributed by atoms with E-state index in [4.69, 9.17) is 0 Å². The first-order chi connectivity index (χ1) is 9.22. The fourth-order valence-corrected chi connectivity index (χ4v) is 3.33. The maximum atomic E-state index is 11.1. The molecule has 0 aliphatic heterocycles. The summed E-state index contributed by atoms with van der Waals surface area (Å²) in [7, 11) is 0. The molecule has 0 atom stereocenters. The number of benzene rings is 1.